The lowest BCUT2D eigenvalue weighted by atomic mass is 9.97. The number of benzene rings is 2. The van der Waals surface area contributed by atoms with Crippen molar-refractivity contribution in [2.45, 2.75) is 19.4 Å². The predicted molar refractivity (Wildman–Crippen MR) is 116 cm³/mol. The van der Waals surface area contributed by atoms with Crippen LogP contribution >= 0.6 is 0 Å². The van der Waals surface area contributed by atoms with Crippen molar-refractivity contribution in [3.05, 3.63) is 54.4 Å². The third-order valence-corrected chi connectivity index (χ3v) is 5.39. The van der Waals surface area contributed by atoms with Crippen LogP contribution in [0.4, 0.5) is 5.69 Å². The van der Waals surface area contributed by atoms with Gasteiger partial charge in [-0.15, -0.1) is 0 Å². The molecule has 1 atom stereocenters. The normalized spacial score (nSPS) is 16.6. The van der Waals surface area contributed by atoms with Gasteiger partial charge in [-0.05, 0) is 55.8 Å². The Labute approximate surface area is 181 Å². The molecule has 2 aromatic carbocycles. The summed E-state index contributed by atoms with van der Waals surface area (Å²) in [4.78, 5) is 19.5. The number of nitrogens with zero attached hydrogens (tertiary/aromatic N) is 3. The predicted octanol–water partition coefficient (Wildman–Crippen LogP) is 3.60. The summed E-state index contributed by atoms with van der Waals surface area (Å²) < 4.78 is 15.8. The molecule has 3 aromatic rings. The Kier molecular flexibility index (Phi) is 6.47. The molecule has 0 aliphatic carbocycles. The highest BCUT2D eigenvalue weighted by Gasteiger charge is 2.27. The molecular weight excluding hydrogens is 396 g/mol. The van der Waals surface area contributed by atoms with Crippen LogP contribution in [0.1, 0.15) is 18.7 Å². The number of methoxy groups -OCH3 is 2. The van der Waals surface area contributed by atoms with Gasteiger partial charge < -0.3 is 19.3 Å². The maximum atomic E-state index is 12.8. The third kappa shape index (κ3) is 5.21. The van der Waals surface area contributed by atoms with Crippen molar-refractivity contribution in [2.75, 3.05) is 32.6 Å². The number of hydrogen-bond acceptors (Lipinski definition) is 7. The van der Waals surface area contributed by atoms with Crippen molar-refractivity contribution in [1.29, 1.82) is 0 Å². The van der Waals surface area contributed by atoms with Gasteiger partial charge >= 0.3 is 0 Å². The number of aromatic nitrogens is 2. The van der Waals surface area contributed by atoms with E-state index in [0.717, 1.165) is 36.4 Å². The number of rotatable bonds is 7. The molecule has 1 aliphatic rings. The van der Waals surface area contributed by atoms with Gasteiger partial charge in [-0.1, -0.05) is 11.2 Å². The lowest BCUT2D eigenvalue weighted by molar-refractivity contribution is -0.121. The number of anilines is 1. The van der Waals surface area contributed by atoms with E-state index in [1.807, 2.05) is 48.5 Å². The zero-order chi connectivity index (χ0) is 21.6. The lowest BCUT2D eigenvalue weighted by Gasteiger charge is -2.30. The van der Waals surface area contributed by atoms with E-state index < -0.39 is 0 Å². The van der Waals surface area contributed by atoms with Gasteiger partial charge in [0.2, 0.25) is 17.6 Å². The van der Waals surface area contributed by atoms with E-state index >= 15 is 0 Å². The molecule has 1 saturated heterocycles. The fourth-order valence-corrected chi connectivity index (χ4v) is 3.73. The summed E-state index contributed by atoms with van der Waals surface area (Å²) >= 11 is 0. The summed E-state index contributed by atoms with van der Waals surface area (Å²) in [7, 11) is 3.24. The monoisotopic (exact) mass is 422 g/mol. The van der Waals surface area contributed by atoms with Gasteiger partial charge in [0.05, 0.1) is 26.7 Å². The Balaban J connectivity index is 1.35. The molecule has 8 heteroatoms. The first-order valence-electron chi connectivity index (χ1n) is 10.3. The van der Waals surface area contributed by atoms with E-state index in [2.05, 4.69) is 20.4 Å². The van der Waals surface area contributed by atoms with Crippen molar-refractivity contribution in [1.82, 2.24) is 15.0 Å². The second-order valence-electron chi connectivity index (χ2n) is 7.54. The van der Waals surface area contributed by atoms with Crippen LogP contribution in [0.5, 0.6) is 11.5 Å². The zero-order valence-corrected chi connectivity index (χ0v) is 17.7. The number of amides is 1. The Morgan fingerprint density at radius 3 is 2.74 bits per heavy atom. The molecule has 1 fully saturated rings. The third-order valence-electron chi connectivity index (χ3n) is 5.39. The molecule has 0 radical (unpaired) electrons. The SMILES string of the molecule is COc1ccc(-c2noc(CN3CCCC(C(=O)Nc4cccc(OC)c4)C3)n2)cc1. The second-order valence-corrected chi connectivity index (χ2v) is 7.54. The van der Waals surface area contributed by atoms with Crippen molar-refractivity contribution in [3.8, 4) is 22.9 Å². The molecular formula is C23H26N4O4. The van der Waals surface area contributed by atoms with Crippen LogP contribution in [-0.4, -0.2) is 48.3 Å². The first-order valence-corrected chi connectivity index (χ1v) is 10.3. The van der Waals surface area contributed by atoms with Crippen LogP contribution in [0.3, 0.4) is 0 Å². The van der Waals surface area contributed by atoms with E-state index in [1.165, 1.54) is 0 Å². The number of ether oxygens (including phenoxy) is 2. The molecule has 0 spiro atoms. The Morgan fingerprint density at radius 1 is 1.16 bits per heavy atom. The van der Waals surface area contributed by atoms with Crippen LogP contribution in [0.25, 0.3) is 11.4 Å². The molecule has 8 nitrogen and oxygen atoms in total. The first kappa shape index (κ1) is 20.9. The number of nitrogens with one attached hydrogen (secondary N) is 1. The highest BCUT2D eigenvalue weighted by molar-refractivity contribution is 5.92. The standard InChI is InChI=1S/C23H26N4O4/c1-29-19-10-8-16(9-11-19)22-25-21(31-26-22)15-27-12-4-5-17(14-27)23(28)24-18-6-3-7-20(13-18)30-2/h3,6-11,13,17H,4-5,12,14-15H2,1-2H3,(H,24,28). The summed E-state index contributed by atoms with van der Waals surface area (Å²) in [5.74, 6) is 2.50. The van der Waals surface area contributed by atoms with Crippen LogP contribution in [0.2, 0.25) is 0 Å². The van der Waals surface area contributed by atoms with Crippen LogP contribution in [0, 0.1) is 5.92 Å². The van der Waals surface area contributed by atoms with Gasteiger partial charge in [-0.2, -0.15) is 4.98 Å². The lowest BCUT2D eigenvalue weighted by Crippen LogP contribution is -2.40. The van der Waals surface area contributed by atoms with E-state index in [4.69, 9.17) is 14.0 Å². The fraction of sp³-hybridized carbons (Fsp3) is 0.348. The van der Waals surface area contributed by atoms with Gasteiger partial charge in [0.1, 0.15) is 11.5 Å². The molecule has 31 heavy (non-hydrogen) atoms. The number of carbonyl (C=O) groups excluding carboxylic acids is 1. The quantitative estimate of drug-likeness (QED) is 0.622. The highest BCUT2D eigenvalue weighted by atomic mass is 16.5. The Hall–Kier alpha value is -3.39. The number of piperidine rings is 1. The molecule has 1 aliphatic heterocycles. The second kappa shape index (κ2) is 9.61. The molecule has 1 N–H and O–H groups in total. The molecule has 0 bridgehead atoms. The first-order chi connectivity index (χ1) is 15.1. The topological polar surface area (TPSA) is 89.7 Å². The summed E-state index contributed by atoms with van der Waals surface area (Å²) in [5, 5.41) is 7.09. The average molecular weight is 422 g/mol. The Bertz CT molecular complexity index is 1020. The molecule has 1 unspecified atom stereocenters. The maximum Gasteiger partial charge on any atom is 0.241 e. The minimum Gasteiger partial charge on any atom is -0.497 e. The van der Waals surface area contributed by atoms with E-state index in [-0.39, 0.29) is 11.8 Å². The number of hydrogen-bond donors (Lipinski definition) is 1. The van der Waals surface area contributed by atoms with E-state index in [1.54, 1.807) is 14.2 Å². The average Bonchev–Trinajstić information content (AvgIpc) is 3.28. The summed E-state index contributed by atoms with van der Waals surface area (Å²) in [6.07, 6.45) is 1.79. The van der Waals surface area contributed by atoms with Gasteiger partial charge in [-0.3, -0.25) is 9.69 Å². The summed E-state index contributed by atoms with van der Waals surface area (Å²) in [5.41, 5.74) is 1.60. The largest absolute Gasteiger partial charge is 0.497 e. The molecule has 1 amide bonds. The molecule has 2 heterocycles. The maximum absolute atomic E-state index is 12.8. The highest BCUT2D eigenvalue weighted by Crippen LogP contribution is 2.23. The molecule has 1 aromatic heterocycles. The van der Waals surface area contributed by atoms with Gasteiger partial charge in [0.15, 0.2) is 0 Å². The van der Waals surface area contributed by atoms with Gasteiger partial charge in [-0.25, -0.2) is 0 Å². The van der Waals surface area contributed by atoms with Crippen molar-refractivity contribution < 1.29 is 18.8 Å². The van der Waals surface area contributed by atoms with Crippen molar-refractivity contribution in [3.63, 3.8) is 0 Å². The van der Waals surface area contributed by atoms with Gasteiger partial charge in [0, 0.05) is 23.9 Å². The van der Waals surface area contributed by atoms with Crippen molar-refractivity contribution >= 4 is 11.6 Å². The zero-order valence-electron chi connectivity index (χ0n) is 17.7. The molecule has 0 saturated carbocycles. The molecule has 162 valence electrons. The summed E-state index contributed by atoms with van der Waals surface area (Å²) in [6.45, 7) is 2.06. The fourth-order valence-electron chi connectivity index (χ4n) is 3.73. The minimum absolute atomic E-state index is 0.0161. The molecule has 4 rings (SSSR count). The van der Waals surface area contributed by atoms with Crippen molar-refractivity contribution in [2.24, 2.45) is 5.92 Å². The van der Waals surface area contributed by atoms with E-state index in [0.29, 0.717) is 30.6 Å². The number of carbonyl (C=O) groups is 1. The smallest absolute Gasteiger partial charge is 0.241 e. The van der Waals surface area contributed by atoms with Gasteiger partial charge in [0.25, 0.3) is 0 Å². The minimum atomic E-state index is -0.0936. The Morgan fingerprint density at radius 2 is 1.97 bits per heavy atom. The number of likely N-dealkylation sites (tertiary alicyclic amines) is 1. The van der Waals surface area contributed by atoms with Crippen LogP contribution < -0.4 is 14.8 Å². The van der Waals surface area contributed by atoms with Crippen LogP contribution in [-0.2, 0) is 11.3 Å². The van der Waals surface area contributed by atoms with Crippen LogP contribution in [0.15, 0.2) is 53.1 Å². The summed E-state index contributed by atoms with van der Waals surface area (Å²) in [6, 6.07) is 14.9. The van der Waals surface area contributed by atoms with E-state index in [9.17, 15) is 4.79 Å².